The fourth-order valence-corrected chi connectivity index (χ4v) is 5.10. The number of nitrogens with one attached hydrogen (secondary N) is 1. The largest absolute Gasteiger partial charge is 0.305 e. The van der Waals surface area contributed by atoms with Gasteiger partial charge in [-0.2, -0.15) is 0 Å². The van der Waals surface area contributed by atoms with Crippen LogP contribution in [0.2, 0.25) is 4.34 Å². The number of fused-ring (bicyclic) bond motifs is 1. The highest BCUT2D eigenvalue weighted by Crippen LogP contribution is 2.38. The topological polar surface area (TPSA) is 12.0 Å². The molecule has 0 aliphatic heterocycles. The van der Waals surface area contributed by atoms with Gasteiger partial charge < -0.3 is 5.32 Å². The zero-order valence-electron chi connectivity index (χ0n) is 11.0. The number of halogens is 1. The zero-order chi connectivity index (χ0) is 13.2. The van der Waals surface area contributed by atoms with Gasteiger partial charge in [-0.15, -0.1) is 22.7 Å². The first kappa shape index (κ1) is 13.6. The van der Waals surface area contributed by atoms with Crippen molar-refractivity contribution in [3.8, 4) is 0 Å². The molecule has 1 aliphatic carbocycles. The second-order valence-electron chi connectivity index (χ2n) is 4.98. The maximum Gasteiger partial charge on any atom is 0.0934 e. The molecule has 0 aromatic carbocycles. The predicted octanol–water partition coefficient (Wildman–Crippen LogP) is 5.19. The molecule has 0 amide bonds. The smallest absolute Gasteiger partial charge is 0.0934 e. The minimum atomic E-state index is 0.485. The Labute approximate surface area is 127 Å². The van der Waals surface area contributed by atoms with Gasteiger partial charge in [0.05, 0.1) is 4.34 Å². The van der Waals surface area contributed by atoms with Gasteiger partial charge in [-0.1, -0.05) is 18.5 Å². The van der Waals surface area contributed by atoms with Gasteiger partial charge >= 0.3 is 0 Å². The molecular formula is C15H18ClNS2. The lowest BCUT2D eigenvalue weighted by Gasteiger charge is -2.23. The maximum absolute atomic E-state index is 6.16. The Morgan fingerprint density at radius 2 is 2.37 bits per heavy atom. The van der Waals surface area contributed by atoms with E-state index in [1.807, 2.05) is 11.3 Å². The molecule has 0 saturated carbocycles. The summed E-state index contributed by atoms with van der Waals surface area (Å²) in [6.07, 6.45) is 4.82. The summed E-state index contributed by atoms with van der Waals surface area (Å²) in [6.45, 7) is 3.21. The minimum absolute atomic E-state index is 0.485. The van der Waals surface area contributed by atoms with Crippen molar-refractivity contribution in [2.75, 3.05) is 0 Å². The molecule has 102 valence electrons. The number of hydrogen-bond acceptors (Lipinski definition) is 3. The van der Waals surface area contributed by atoms with Crippen LogP contribution in [0.25, 0.3) is 0 Å². The van der Waals surface area contributed by atoms with Gasteiger partial charge in [-0.25, -0.2) is 0 Å². The van der Waals surface area contributed by atoms with Crippen LogP contribution in [-0.4, -0.2) is 0 Å². The van der Waals surface area contributed by atoms with Crippen molar-refractivity contribution in [2.24, 2.45) is 0 Å². The first-order valence-corrected chi connectivity index (χ1v) is 8.92. The number of thiophene rings is 2. The Hall–Kier alpha value is -0.350. The van der Waals surface area contributed by atoms with Gasteiger partial charge in [0.2, 0.25) is 0 Å². The van der Waals surface area contributed by atoms with Crippen LogP contribution in [0, 0.1) is 0 Å². The molecule has 1 unspecified atom stereocenters. The van der Waals surface area contributed by atoms with Crippen LogP contribution in [0.3, 0.4) is 0 Å². The zero-order valence-corrected chi connectivity index (χ0v) is 13.4. The molecule has 3 rings (SSSR count). The maximum atomic E-state index is 6.16. The molecule has 4 heteroatoms. The number of aryl methyl sites for hydroxylation is 2. The molecule has 0 fully saturated rings. The summed E-state index contributed by atoms with van der Waals surface area (Å²) in [7, 11) is 0. The normalized spacial score (nSPS) is 18.5. The summed E-state index contributed by atoms with van der Waals surface area (Å²) in [5.74, 6) is 0. The summed E-state index contributed by atoms with van der Waals surface area (Å²) in [5.41, 5.74) is 2.92. The van der Waals surface area contributed by atoms with Crippen molar-refractivity contribution in [1.29, 1.82) is 0 Å². The second kappa shape index (κ2) is 5.96. The second-order valence-corrected chi connectivity index (χ2v) is 7.75. The Morgan fingerprint density at radius 3 is 3.21 bits per heavy atom. The van der Waals surface area contributed by atoms with Crippen molar-refractivity contribution in [1.82, 2.24) is 5.32 Å². The Balaban J connectivity index is 1.71. The summed E-state index contributed by atoms with van der Waals surface area (Å²) in [5, 5.41) is 5.92. The number of rotatable bonds is 4. The molecule has 19 heavy (non-hydrogen) atoms. The summed E-state index contributed by atoms with van der Waals surface area (Å²) in [4.78, 5) is 2.96. The lowest BCUT2D eigenvalue weighted by molar-refractivity contribution is 0.464. The van der Waals surface area contributed by atoms with Crippen LogP contribution in [-0.2, 0) is 19.4 Å². The monoisotopic (exact) mass is 311 g/mol. The van der Waals surface area contributed by atoms with Crippen molar-refractivity contribution >= 4 is 34.3 Å². The molecule has 2 heterocycles. The summed E-state index contributed by atoms with van der Waals surface area (Å²) < 4.78 is 0.934. The lowest BCUT2D eigenvalue weighted by Crippen LogP contribution is -2.23. The molecule has 0 bridgehead atoms. The SMILES string of the molecule is CCc1ccsc1CNC1CCCc2sc(Cl)cc21. The van der Waals surface area contributed by atoms with E-state index in [1.54, 1.807) is 11.3 Å². The average molecular weight is 312 g/mol. The first-order chi connectivity index (χ1) is 9.28. The third-order valence-corrected chi connectivity index (χ3v) is 6.11. The van der Waals surface area contributed by atoms with E-state index in [0.717, 1.165) is 17.3 Å². The van der Waals surface area contributed by atoms with Gasteiger partial charge in [0.1, 0.15) is 0 Å². The molecule has 0 spiro atoms. The van der Waals surface area contributed by atoms with E-state index in [4.69, 9.17) is 11.6 Å². The van der Waals surface area contributed by atoms with Crippen LogP contribution in [0.15, 0.2) is 17.5 Å². The van der Waals surface area contributed by atoms with Gasteiger partial charge in [0, 0.05) is 22.3 Å². The third-order valence-electron chi connectivity index (χ3n) is 3.81. The van der Waals surface area contributed by atoms with Crippen LogP contribution in [0.5, 0.6) is 0 Å². The van der Waals surface area contributed by atoms with Crippen LogP contribution < -0.4 is 5.32 Å². The highest BCUT2D eigenvalue weighted by atomic mass is 35.5. The van der Waals surface area contributed by atoms with Gasteiger partial charge in [0.15, 0.2) is 0 Å². The van der Waals surface area contributed by atoms with Crippen LogP contribution in [0.4, 0.5) is 0 Å². The first-order valence-electron chi connectivity index (χ1n) is 6.84. The van der Waals surface area contributed by atoms with Gasteiger partial charge in [-0.05, 0) is 54.3 Å². The predicted molar refractivity (Wildman–Crippen MR) is 85.5 cm³/mol. The molecule has 0 radical (unpaired) electrons. The minimum Gasteiger partial charge on any atom is -0.305 e. The van der Waals surface area contributed by atoms with E-state index in [-0.39, 0.29) is 0 Å². The van der Waals surface area contributed by atoms with E-state index < -0.39 is 0 Å². The Morgan fingerprint density at radius 1 is 1.47 bits per heavy atom. The molecule has 2 aromatic rings. The van der Waals surface area contributed by atoms with E-state index >= 15 is 0 Å². The van der Waals surface area contributed by atoms with Gasteiger partial charge in [-0.3, -0.25) is 0 Å². The van der Waals surface area contributed by atoms with Crippen molar-refractivity contribution < 1.29 is 0 Å². The molecule has 0 saturated heterocycles. The Bertz CT molecular complexity index is 558. The average Bonchev–Trinajstić information content (AvgIpc) is 3.00. The van der Waals surface area contributed by atoms with Gasteiger partial charge in [0.25, 0.3) is 0 Å². The van der Waals surface area contributed by atoms with E-state index in [1.165, 1.54) is 40.1 Å². The molecule has 1 nitrogen and oxygen atoms in total. The van der Waals surface area contributed by atoms with Crippen LogP contribution in [0.1, 0.15) is 46.7 Å². The fourth-order valence-electron chi connectivity index (χ4n) is 2.79. The van der Waals surface area contributed by atoms with Crippen LogP contribution >= 0.6 is 34.3 Å². The number of hydrogen-bond donors (Lipinski definition) is 1. The molecule has 1 atom stereocenters. The Kier molecular flexibility index (Phi) is 4.27. The quantitative estimate of drug-likeness (QED) is 0.819. The third kappa shape index (κ3) is 2.89. The summed E-state index contributed by atoms with van der Waals surface area (Å²) in [6, 6.07) is 4.89. The highest BCUT2D eigenvalue weighted by molar-refractivity contribution is 7.16. The highest BCUT2D eigenvalue weighted by Gasteiger charge is 2.22. The fraction of sp³-hybridized carbons (Fsp3) is 0.467. The van der Waals surface area contributed by atoms with E-state index in [2.05, 4.69) is 29.8 Å². The van der Waals surface area contributed by atoms with Crippen molar-refractivity contribution in [3.63, 3.8) is 0 Å². The molecule has 1 aliphatic rings. The molecule has 1 N–H and O–H groups in total. The van der Waals surface area contributed by atoms with Crippen molar-refractivity contribution in [3.05, 3.63) is 42.7 Å². The lowest BCUT2D eigenvalue weighted by atomic mass is 9.94. The molecule has 2 aromatic heterocycles. The molecular weight excluding hydrogens is 294 g/mol. The van der Waals surface area contributed by atoms with Crippen molar-refractivity contribution in [2.45, 2.75) is 45.2 Å². The summed E-state index contributed by atoms with van der Waals surface area (Å²) >= 11 is 9.77. The van der Waals surface area contributed by atoms with E-state index in [0.29, 0.717) is 6.04 Å². The standard InChI is InChI=1S/C15H18ClNS2/c1-2-10-6-7-18-14(10)9-17-12-4-3-5-13-11(12)8-15(16)19-13/h6-8,12,17H,2-5,9H2,1H3. The van der Waals surface area contributed by atoms with E-state index in [9.17, 15) is 0 Å².